The second-order valence-electron chi connectivity index (χ2n) is 3.37. The van der Waals surface area contributed by atoms with Crippen molar-refractivity contribution in [2.24, 2.45) is 0 Å². The van der Waals surface area contributed by atoms with Crippen molar-refractivity contribution in [2.45, 2.75) is 46.2 Å². The summed E-state index contributed by atoms with van der Waals surface area (Å²) in [5.41, 5.74) is 0. The molecular weight excluding hydrogens is 162 g/mol. The number of nitrogens with zero attached hydrogens (tertiary/aromatic N) is 2. The van der Waals surface area contributed by atoms with E-state index in [0.717, 1.165) is 12.5 Å². The van der Waals surface area contributed by atoms with Gasteiger partial charge in [0.15, 0.2) is 0 Å². The minimum atomic E-state index is 0.512. The smallest absolute Gasteiger partial charge is 0.202 e. The van der Waals surface area contributed by atoms with Crippen molar-refractivity contribution in [3.63, 3.8) is 0 Å². The molecule has 0 amide bonds. The van der Waals surface area contributed by atoms with Gasteiger partial charge in [-0.25, -0.2) is 4.98 Å². The molecule has 0 aliphatic heterocycles. The maximum Gasteiger partial charge on any atom is 0.202 e. The maximum atomic E-state index is 4.26. The van der Waals surface area contributed by atoms with Crippen LogP contribution in [0.4, 0.5) is 5.95 Å². The first-order valence-electron chi connectivity index (χ1n) is 5.05. The average Bonchev–Trinajstić information content (AvgIpc) is 2.52. The number of nitrogens with one attached hydrogen (secondary N) is 1. The lowest BCUT2D eigenvalue weighted by Crippen LogP contribution is -2.17. The summed E-state index contributed by atoms with van der Waals surface area (Å²) < 4.78 is 2.12. The van der Waals surface area contributed by atoms with E-state index in [0.29, 0.717) is 6.04 Å². The zero-order valence-corrected chi connectivity index (χ0v) is 8.75. The molecule has 1 aromatic heterocycles. The molecule has 13 heavy (non-hydrogen) atoms. The Labute approximate surface area is 80.2 Å². The van der Waals surface area contributed by atoms with Gasteiger partial charge in [0.2, 0.25) is 5.95 Å². The SMILES string of the molecule is CCCC(C)Nc1nccn1CC. The lowest BCUT2D eigenvalue weighted by Gasteiger charge is -2.14. The molecule has 0 radical (unpaired) electrons. The van der Waals surface area contributed by atoms with Crippen molar-refractivity contribution in [3.8, 4) is 0 Å². The molecular formula is C10H19N3. The lowest BCUT2D eigenvalue weighted by molar-refractivity contribution is 0.667. The van der Waals surface area contributed by atoms with Crippen LogP contribution in [-0.2, 0) is 6.54 Å². The highest BCUT2D eigenvalue weighted by Gasteiger charge is 2.04. The lowest BCUT2D eigenvalue weighted by atomic mass is 10.2. The fourth-order valence-corrected chi connectivity index (χ4v) is 1.43. The fraction of sp³-hybridized carbons (Fsp3) is 0.700. The van der Waals surface area contributed by atoms with E-state index < -0.39 is 0 Å². The van der Waals surface area contributed by atoms with Crippen LogP contribution in [0, 0.1) is 0 Å². The van der Waals surface area contributed by atoms with Crippen LogP contribution in [0.3, 0.4) is 0 Å². The van der Waals surface area contributed by atoms with Crippen molar-refractivity contribution < 1.29 is 0 Å². The number of imidazole rings is 1. The van der Waals surface area contributed by atoms with Gasteiger partial charge in [-0.15, -0.1) is 0 Å². The molecule has 0 aliphatic rings. The van der Waals surface area contributed by atoms with Gasteiger partial charge in [0, 0.05) is 25.0 Å². The summed E-state index contributed by atoms with van der Waals surface area (Å²) in [4.78, 5) is 4.26. The van der Waals surface area contributed by atoms with E-state index in [9.17, 15) is 0 Å². The first-order valence-corrected chi connectivity index (χ1v) is 5.05. The van der Waals surface area contributed by atoms with Crippen LogP contribution in [-0.4, -0.2) is 15.6 Å². The van der Waals surface area contributed by atoms with Gasteiger partial charge >= 0.3 is 0 Å². The zero-order valence-electron chi connectivity index (χ0n) is 8.75. The molecule has 1 heterocycles. The Balaban J connectivity index is 2.52. The minimum absolute atomic E-state index is 0.512. The third kappa shape index (κ3) is 2.76. The predicted molar refractivity (Wildman–Crippen MR) is 55.9 cm³/mol. The van der Waals surface area contributed by atoms with Crippen LogP contribution in [0.5, 0.6) is 0 Å². The van der Waals surface area contributed by atoms with Gasteiger partial charge in [-0.1, -0.05) is 13.3 Å². The summed E-state index contributed by atoms with van der Waals surface area (Å²) in [6.07, 6.45) is 6.24. The van der Waals surface area contributed by atoms with E-state index in [1.54, 1.807) is 0 Å². The molecule has 1 N–H and O–H groups in total. The topological polar surface area (TPSA) is 29.9 Å². The molecule has 1 unspecified atom stereocenters. The van der Waals surface area contributed by atoms with Gasteiger partial charge in [-0.3, -0.25) is 0 Å². The van der Waals surface area contributed by atoms with Crippen LogP contribution in [0.25, 0.3) is 0 Å². The standard InChI is InChI=1S/C10H19N3/c1-4-6-9(3)12-10-11-7-8-13(10)5-2/h7-9H,4-6H2,1-3H3,(H,11,12). The minimum Gasteiger partial charge on any atom is -0.353 e. The first-order chi connectivity index (χ1) is 6.27. The summed E-state index contributed by atoms with van der Waals surface area (Å²) in [6, 6.07) is 0.512. The Morgan fingerprint density at radius 1 is 1.54 bits per heavy atom. The molecule has 0 aliphatic carbocycles. The third-order valence-corrected chi connectivity index (χ3v) is 2.15. The zero-order chi connectivity index (χ0) is 9.68. The second kappa shape index (κ2) is 4.90. The summed E-state index contributed by atoms with van der Waals surface area (Å²) in [5, 5.41) is 3.39. The normalized spacial score (nSPS) is 12.8. The van der Waals surface area contributed by atoms with Crippen LogP contribution < -0.4 is 5.32 Å². The summed E-state index contributed by atoms with van der Waals surface area (Å²) in [6.45, 7) is 7.49. The van der Waals surface area contributed by atoms with Gasteiger partial charge in [0.25, 0.3) is 0 Å². The summed E-state index contributed by atoms with van der Waals surface area (Å²) in [7, 11) is 0. The van der Waals surface area contributed by atoms with Crippen LogP contribution in [0.15, 0.2) is 12.4 Å². The molecule has 0 saturated carbocycles. The van der Waals surface area contributed by atoms with Crippen molar-refractivity contribution in [3.05, 3.63) is 12.4 Å². The second-order valence-corrected chi connectivity index (χ2v) is 3.37. The van der Waals surface area contributed by atoms with Gasteiger partial charge in [-0.05, 0) is 20.3 Å². The van der Waals surface area contributed by atoms with Gasteiger partial charge in [0.05, 0.1) is 0 Å². The van der Waals surface area contributed by atoms with E-state index >= 15 is 0 Å². The molecule has 74 valence electrons. The third-order valence-electron chi connectivity index (χ3n) is 2.15. The van der Waals surface area contributed by atoms with Crippen molar-refractivity contribution in [1.29, 1.82) is 0 Å². The Morgan fingerprint density at radius 3 is 2.92 bits per heavy atom. The van der Waals surface area contributed by atoms with Crippen molar-refractivity contribution in [1.82, 2.24) is 9.55 Å². The fourth-order valence-electron chi connectivity index (χ4n) is 1.43. The molecule has 1 aromatic rings. The Kier molecular flexibility index (Phi) is 3.80. The van der Waals surface area contributed by atoms with Crippen LogP contribution in [0.1, 0.15) is 33.6 Å². The average molecular weight is 181 g/mol. The van der Waals surface area contributed by atoms with Crippen molar-refractivity contribution >= 4 is 5.95 Å². The summed E-state index contributed by atoms with van der Waals surface area (Å²) in [5.74, 6) is 0.989. The Bertz CT molecular complexity index is 242. The highest BCUT2D eigenvalue weighted by Crippen LogP contribution is 2.08. The molecule has 1 rings (SSSR count). The molecule has 0 saturated heterocycles. The number of hydrogen-bond donors (Lipinski definition) is 1. The van der Waals surface area contributed by atoms with Crippen LogP contribution in [0.2, 0.25) is 0 Å². The number of anilines is 1. The maximum absolute atomic E-state index is 4.26. The molecule has 0 aromatic carbocycles. The quantitative estimate of drug-likeness (QED) is 0.756. The largest absolute Gasteiger partial charge is 0.353 e. The van der Waals surface area contributed by atoms with Crippen molar-refractivity contribution in [2.75, 3.05) is 5.32 Å². The van der Waals surface area contributed by atoms with E-state index in [2.05, 4.69) is 35.6 Å². The molecule has 3 heteroatoms. The van der Waals surface area contributed by atoms with E-state index in [1.165, 1.54) is 12.8 Å². The van der Waals surface area contributed by atoms with E-state index in [1.807, 2.05) is 12.4 Å². The van der Waals surface area contributed by atoms with Crippen LogP contribution >= 0.6 is 0 Å². The first kappa shape index (κ1) is 10.1. The number of aromatic nitrogens is 2. The predicted octanol–water partition coefficient (Wildman–Crippen LogP) is 2.50. The summed E-state index contributed by atoms with van der Waals surface area (Å²) >= 11 is 0. The highest BCUT2D eigenvalue weighted by atomic mass is 15.2. The molecule has 0 spiro atoms. The van der Waals surface area contributed by atoms with Gasteiger partial charge < -0.3 is 9.88 Å². The van der Waals surface area contributed by atoms with Gasteiger partial charge in [-0.2, -0.15) is 0 Å². The molecule has 0 fully saturated rings. The van der Waals surface area contributed by atoms with E-state index in [4.69, 9.17) is 0 Å². The molecule has 1 atom stereocenters. The monoisotopic (exact) mass is 181 g/mol. The Morgan fingerprint density at radius 2 is 2.31 bits per heavy atom. The number of hydrogen-bond acceptors (Lipinski definition) is 2. The molecule has 3 nitrogen and oxygen atoms in total. The Hall–Kier alpha value is -0.990. The van der Waals surface area contributed by atoms with E-state index in [-0.39, 0.29) is 0 Å². The highest BCUT2D eigenvalue weighted by molar-refractivity contribution is 5.26. The van der Waals surface area contributed by atoms with Gasteiger partial charge in [0.1, 0.15) is 0 Å². The number of aryl methyl sites for hydroxylation is 1. The number of rotatable bonds is 5. The molecule has 0 bridgehead atoms.